The Morgan fingerprint density at radius 3 is 3.07 bits per heavy atom. The van der Waals surface area contributed by atoms with Gasteiger partial charge in [-0.05, 0) is 6.92 Å². The third-order valence-corrected chi connectivity index (χ3v) is 3.74. The Morgan fingerprint density at radius 1 is 1.36 bits per heavy atom. The van der Waals surface area contributed by atoms with Crippen molar-refractivity contribution < 1.29 is 0 Å². The van der Waals surface area contributed by atoms with Crippen molar-refractivity contribution in [3.8, 4) is 0 Å². The van der Waals surface area contributed by atoms with Gasteiger partial charge in [-0.2, -0.15) is 13.1 Å². The van der Waals surface area contributed by atoms with E-state index in [0.29, 0.717) is 0 Å². The van der Waals surface area contributed by atoms with Gasteiger partial charge in [0.1, 0.15) is 5.69 Å². The first-order valence-corrected chi connectivity index (χ1v) is 5.83. The molecule has 1 aliphatic carbocycles. The molecule has 1 unspecified atom stereocenters. The van der Waals surface area contributed by atoms with E-state index in [1.807, 2.05) is 0 Å². The van der Waals surface area contributed by atoms with E-state index in [9.17, 15) is 0 Å². The van der Waals surface area contributed by atoms with Gasteiger partial charge in [-0.15, -0.1) is 0 Å². The third-order valence-electron chi connectivity index (χ3n) is 2.61. The Bertz CT molecular complexity index is 460. The summed E-state index contributed by atoms with van der Waals surface area (Å²) >= 11 is 2.67. The maximum Gasteiger partial charge on any atom is 0.106 e. The average molecular weight is 224 g/mol. The summed E-state index contributed by atoms with van der Waals surface area (Å²) < 4.78 is 16.2. The fourth-order valence-electron chi connectivity index (χ4n) is 1.77. The highest BCUT2D eigenvalue weighted by atomic mass is 32.2. The van der Waals surface area contributed by atoms with Crippen LogP contribution in [0.4, 0.5) is 0 Å². The standard InChI is InChI=1S/C8H8N4S2/c1-3-5-7(11-13-9-5)4(2)8-6(3)10-14-12-8/h3,11H,1-2H3. The highest BCUT2D eigenvalue weighted by Crippen LogP contribution is 2.38. The molecular weight excluding hydrogens is 216 g/mol. The molecule has 1 N–H and O–H groups in total. The van der Waals surface area contributed by atoms with Crippen molar-refractivity contribution >= 4 is 35.1 Å². The summed E-state index contributed by atoms with van der Waals surface area (Å²) in [6.07, 6.45) is 0. The van der Waals surface area contributed by atoms with Gasteiger partial charge >= 0.3 is 0 Å². The van der Waals surface area contributed by atoms with E-state index in [-0.39, 0.29) is 5.92 Å². The number of nitrogens with one attached hydrogen (secondary N) is 1. The van der Waals surface area contributed by atoms with Gasteiger partial charge in [-0.1, -0.05) is 6.92 Å². The van der Waals surface area contributed by atoms with E-state index < -0.39 is 0 Å². The molecule has 14 heavy (non-hydrogen) atoms. The fourth-order valence-corrected chi connectivity index (χ4v) is 3.20. The Morgan fingerprint density at radius 2 is 2.21 bits per heavy atom. The molecule has 0 saturated carbocycles. The summed E-state index contributed by atoms with van der Waals surface area (Å²) in [6.45, 7) is 4.19. The minimum absolute atomic E-state index is 0.268. The normalized spacial score (nSPS) is 24.1. The number of nitrogens with zero attached hydrogens (tertiary/aromatic N) is 3. The molecule has 2 heterocycles. The van der Waals surface area contributed by atoms with Crippen LogP contribution in [0.25, 0.3) is 5.57 Å². The summed E-state index contributed by atoms with van der Waals surface area (Å²) in [5.41, 5.74) is 5.50. The summed E-state index contributed by atoms with van der Waals surface area (Å²) in [7, 11) is 0. The van der Waals surface area contributed by atoms with Crippen LogP contribution >= 0.6 is 23.9 Å². The van der Waals surface area contributed by atoms with Gasteiger partial charge in [0.2, 0.25) is 0 Å². The Hall–Kier alpha value is -0.880. The van der Waals surface area contributed by atoms with E-state index in [1.54, 1.807) is 0 Å². The molecule has 1 aliphatic heterocycles. The van der Waals surface area contributed by atoms with Crippen LogP contribution in [-0.4, -0.2) is 14.5 Å². The molecule has 0 amide bonds. The van der Waals surface area contributed by atoms with Gasteiger partial charge in [0.05, 0.1) is 41.0 Å². The molecular formula is C8H8N4S2. The lowest BCUT2D eigenvalue weighted by atomic mass is 9.88. The third kappa shape index (κ3) is 0.923. The number of aromatic nitrogens is 2. The quantitative estimate of drug-likeness (QED) is 0.685. The van der Waals surface area contributed by atoms with Crippen molar-refractivity contribution in [1.82, 2.24) is 13.5 Å². The topological polar surface area (TPSA) is 50.2 Å². The molecule has 1 aromatic heterocycles. The molecule has 0 spiro atoms. The molecule has 72 valence electrons. The van der Waals surface area contributed by atoms with E-state index in [4.69, 9.17) is 0 Å². The first-order valence-electron chi connectivity index (χ1n) is 4.33. The lowest BCUT2D eigenvalue weighted by Gasteiger charge is -2.18. The van der Waals surface area contributed by atoms with Crippen molar-refractivity contribution in [2.75, 3.05) is 0 Å². The van der Waals surface area contributed by atoms with Gasteiger partial charge in [0.15, 0.2) is 0 Å². The molecule has 3 rings (SSSR count). The zero-order chi connectivity index (χ0) is 9.71. The van der Waals surface area contributed by atoms with Gasteiger partial charge in [-0.3, -0.25) is 0 Å². The van der Waals surface area contributed by atoms with Crippen LogP contribution in [0.15, 0.2) is 10.1 Å². The molecule has 0 radical (unpaired) electrons. The Labute approximate surface area is 90.1 Å². The first kappa shape index (κ1) is 8.43. The van der Waals surface area contributed by atoms with Crippen LogP contribution < -0.4 is 4.72 Å². The van der Waals surface area contributed by atoms with Crippen molar-refractivity contribution in [2.45, 2.75) is 19.8 Å². The second kappa shape index (κ2) is 2.80. The molecule has 0 fully saturated rings. The predicted molar refractivity (Wildman–Crippen MR) is 59.1 cm³/mol. The molecule has 6 heteroatoms. The smallest absolute Gasteiger partial charge is 0.106 e. The highest BCUT2D eigenvalue weighted by molar-refractivity contribution is 7.96. The second-order valence-electron chi connectivity index (χ2n) is 3.39. The Balaban J connectivity index is 2.29. The molecule has 0 bridgehead atoms. The molecule has 0 aromatic carbocycles. The first-order chi connectivity index (χ1) is 6.79. The predicted octanol–water partition coefficient (Wildman–Crippen LogP) is 1.99. The summed E-state index contributed by atoms with van der Waals surface area (Å²) in [6, 6.07) is 0. The van der Waals surface area contributed by atoms with Crippen molar-refractivity contribution in [1.29, 1.82) is 0 Å². The fraction of sp³-hybridized carbons (Fsp3) is 0.375. The van der Waals surface area contributed by atoms with Crippen molar-refractivity contribution in [3.63, 3.8) is 0 Å². The molecule has 1 atom stereocenters. The van der Waals surface area contributed by atoms with E-state index in [2.05, 4.69) is 31.7 Å². The molecule has 0 saturated heterocycles. The van der Waals surface area contributed by atoms with Crippen LogP contribution in [-0.2, 0) is 0 Å². The minimum Gasteiger partial charge on any atom is -0.308 e. The largest absolute Gasteiger partial charge is 0.308 e. The summed E-state index contributed by atoms with van der Waals surface area (Å²) in [5.74, 6) is 0.268. The maximum atomic E-state index is 4.37. The van der Waals surface area contributed by atoms with Crippen LogP contribution in [0, 0.1) is 0 Å². The van der Waals surface area contributed by atoms with E-state index in [0.717, 1.165) is 28.4 Å². The summed E-state index contributed by atoms with van der Waals surface area (Å²) in [4.78, 5) is 0. The van der Waals surface area contributed by atoms with Crippen LogP contribution in [0.2, 0.25) is 0 Å². The van der Waals surface area contributed by atoms with Crippen LogP contribution in [0.3, 0.4) is 0 Å². The lowest BCUT2D eigenvalue weighted by Crippen LogP contribution is -2.21. The van der Waals surface area contributed by atoms with Crippen molar-refractivity contribution in [3.05, 3.63) is 17.1 Å². The number of fused-ring (bicyclic) bond motifs is 2. The molecule has 4 nitrogen and oxygen atoms in total. The maximum absolute atomic E-state index is 4.37. The average Bonchev–Trinajstić information content (AvgIpc) is 2.82. The monoisotopic (exact) mass is 224 g/mol. The number of allylic oxidation sites excluding steroid dienone is 2. The van der Waals surface area contributed by atoms with Crippen LogP contribution in [0.1, 0.15) is 31.2 Å². The molecule has 2 aliphatic rings. The second-order valence-corrected chi connectivity index (χ2v) is 4.49. The number of rotatable bonds is 0. The van der Waals surface area contributed by atoms with Gasteiger partial charge in [0, 0.05) is 11.5 Å². The SMILES string of the molecule is CC1=C2NSN=C2C(C)c2nsnc21. The van der Waals surface area contributed by atoms with Crippen molar-refractivity contribution in [2.24, 2.45) is 4.40 Å². The van der Waals surface area contributed by atoms with Gasteiger partial charge < -0.3 is 4.72 Å². The number of hydrogen-bond acceptors (Lipinski definition) is 6. The zero-order valence-electron chi connectivity index (χ0n) is 7.74. The van der Waals surface area contributed by atoms with Crippen LogP contribution in [0.5, 0.6) is 0 Å². The lowest BCUT2D eigenvalue weighted by molar-refractivity contribution is 0.951. The highest BCUT2D eigenvalue weighted by Gasteiger charge is 2.33. The van der Waals surface area contributed by atoms with Gasteiger partial charge in [-0.25, -0.2) is 0 Å². The Kier molecular flexibility index (Phi) is 1.69. The van der Waals surface area contributed by atoms with Gasteiger partial charge in [0.25, 0.3) is 0 Å². The van der Waals surface area contributed by atoms with E-state index in [1.165, 1.54) is 23.9 Å². The summed E-state index contributed by atoms with van der Waals surface area (Å²) in [5, 5.41) is 0. The zero-order valence-corrected chi connectivity index (χ0v) is 9.37. The minimum atomic E-state index is 0.268. The van der Waals surface area contributed by atoms with E-state index >= 15 is 0 Å². The molecule has 1 aromatic rings. The number of hydrogen-bond donors (Lipinski definition) is 1.